The highest BCUT2D eigenvalue weighted by molar-refractivity contribution is 7.47. The van der Waals surface area contributed by atoms with Crippen LogP contribution in [0.2, 0.25) is 0 Å². The predicted octanol–water partition coefficient (Wildman–Crippen LogP) is 12.2. The number of hydrogen-bond donors (Lipinski definition) is 2. The molecule has 0 rings (SSSR count). The molecule has 9 nitrogen and oxygen atoms in total. The van der Waals surface area contributed by atoms with Gasteiger partial charge in [-0.2, -0.15) is 0 Å². The van der Waals surface area contributed by atoms with Gasteiger partial charge < -0.3 is 20.1 Å². The fourth-order valence-electron chi connectivity index (χ4n) is 4.81. The van der Waals surface area contributed by atoms with Crippen LogP contribution in [0.25, 0.3) is 0 Å². The molecule has 0 spiro atoms. The van der Waals surface area contributed by atoms with E-state index in [1.54, 1.807) is 0 Å². The molecule has 0 heterocycles. The second kappa shape index (κ2) is 42.0. The summed E-state index contributed by atoms with van der Waals surface area (Å²) in [5.74, 6) is -0.949. The third-order valence-corrected chi connectivity index (χ3v) is 8.83. The molecule has 57 heavy (non-hydrogen) atoms. The molecule has 0 fully saturated rings. The topological polar surface area (TPSA) is 134 Å². The molecule has 0 saturated heterocycles. The van der Waals surface area contributed by atoms with Crippen molar-refractivity contribution in [2.24, 2.45) is 5.73 Å². The molecule has 2 unspecified atom stereocenters. The molecule has 0 aliphatic carbocycles. The maximum absolute atomic E-state index is 12.6. The summed E-state index contributed by atoms with van der Waals surface area (Å²) in [5.41, 5.74) is 5.33. The van der Waals surface area contributed by atoms with Crippen molar-refractivity contribution in [3.05, 3.63) is 122 Å². The number of allylic oxidation sites excluding steroid dienone is 20. The summed E-state index contributed by atoms with van der Waals surface area (Å²) in [6.07, 6.45) is 56.7. The number of ether oxygens (including phenoxy) is 2. The van der Waals surface area contributed by atoms with Gasteiger partial charge in [-0.05, 0) is 96.3 Å². The van der Waals surface area contributed by atoms with Crippen molar-refractivity contribution in [1.82, 2.24) is 0 Å². The van der Waals surface area contributed by atoms with Crippen LogP contribution in [0.3, 0.4) is 0 Å². The molecule has 0 aromatic carbocycles. The number of carbonyl (C=O) groups excluding carboxylic acids is 2. The van der Waals surface area contributed by atoms with Crippen LogP contribution >= 0.6 is 7.82 Å². The van der Waals surface area contributed by atoms with E-state index in [1.165, 1.54) is 0 Å². The predicted molar refractivity (Wildman–Crippen MR) is 237 cm³/mol. The highest BCUT2D eigenvalue weighted by atomic mass is 31.2. The minimum absolute atomic E-state index is 0.0323. The Bertz CT molecular complexity index is 1340. The van der Waals surface area contributed by atoms with Crippen LogP contribution in [0.1, 0.15) is 129 Å². The van der Waals surface area contributed by atoms with E-state index >= 15 is 0 Å². The van der Waals surface area contributed by atoms with Crippen molar-refractivity contribution in [2.45, 2.75) is 136 Å². The van der Waals surface area contributed by atoms with Crippen LogP contribution < -0.4 is 5.73 Å². The molecule has 320 valence electrons. The summed E-state index contributed by atoms with van der Waals surface area (Å²) in [6.45, 7) is 3.36. The largest absolute Gasteiger partial charge is 0.472 e. The van der Waals surface area contributed by atoms with E-state index in [0.717, 1.165) is 83.5 Å². The minimum Gasteiger partial charge on any atom is -0.462 e. The summed E-state index contributed by atoms with van der Waals surface area (Å²) in [5, 5.41) is 0. The van der Waals surface area contributed by atoms with Crippen molar-refractivity contribution in [2.75, 3.05) is 26.4 Å². The minimum atomic E-state index is -4.41. The van der Waals surface area contributed by atoms with Crippen LogP contribution in [-0.2, 0) is 32.7 Å². The Balaban J connectivity index is 4.35. The van der Waals surface area contributed by atoms with Crippen molar-refractivity contribution in [1.29, 1.82) is 0 Å². The van der Waals surface area contributed by atoms with Gasteiger partial charge in [-0.15, -0.1) is 0 Å². The van der Waals surface area contributed by atoms with Crippen LogP contribution in [0, 0.1) is 0 Å². The molecule has 0 saturated carbocycles. The first kappa shape index (κ1) is 53.4. The molecule has 10 heteroatoms. The summed E-state index contributed by atoms with van der Waals surface area (Å²) < 4.78 is 32.6. The van der Waals surface area contributed by atoms with Gasteiger partial charge in [0.25, 0.3) is 0 Å². The Hall–Kier alpha value is -3.59. The Kier molecular flexibility index (Phi) is 39.4. The monoisotopic (exact) mass is 812 g/mol. The van der Waals surface area contributed by atoms with E-state index in [1.807, 2.05) is 6.08 Å². The number of phosphoric ester groups is 1. The van der Waals surface area contributed by atoms with Crippen molar-refractivity contribution >= 4 is 19.8 Å². The molecule has 0 radical (unpaired) electrons. The van der Waals surface area contributed by atoms with E-state index in [0.29, 0.717) is 19.3 Å². The maximum atomic E-state index is 12.6. The van der Waals surface area contributed by atoms with Crippen LogP contribution in [0.4, 0.5) is 0 Å². The summed E-state index contributed by atoms with van der Waals surface area (Å²) >= 11 is 0. The van der Waals surface area contributed by atoms with Gasteiger partial charge in [-0.3, -0.25) is 18.6 Å². The van der Waals surface area contributed by atoms with E-state index < -0.39 is 32.5 Å². The lowest BCUT2D eigenvalue weighted by Gasteiger charge is -2.19. The SMILES string of the molecule is CC/C=C\C/C=C\C/C=C\C/C=C\C/C=C\C/C=C\C/C=C\CCCC(=O)OC(COC(=O)CCCCC/C=C\C/C=C\C/C=C\CC)COP(=O)(O)OCCN. The van der Waals surface area contributed by atoms with E-state index in [-0.39, 0.29) is 32.6 Å². The van der Waals surface area contributed by atoms with Crippen molar-refractivity contribution in [3.63, 3.8) is 0 Å². The average molecular weight is 812 g/mol. The highest BCUT2D eigenvalue weighted by Crippen LogP contribution is 2.43. The lowest BCUT2D eigenvalue weighted by atomic mass is 10.1. The summed E-state index contributed by atoms with van der Waals surface area (Å²) in [7, 11) is -4.41. The summed E-state index contributed by atoms with van der Waals surface area (Å²) in [6, 6.07) is 0. The van der Waals surface area contributed by atoms with E-state index in [4.69, 9.17) is 24.3 Å². The highest BCUT2D eigenvalue weighted by Gasteiger charge is 2.25. The molecule has 0 aromatic heterocycles. The van der Waals surface area contributed by atoms with Crippen LogP contribution in [0.5, 0.6) is 0 Å². The molecule has 2 atom stereocenters. The average Bonchev–Trinajstić information content (AvgIpc) is 3.20. The molecule has 0 aromatic rings. The lowest BCUT2D eigenvalue weighted by Crippen LogP contribution is -2.29. The number of carbonyl (C=O) groups is 2. The number of nitrogens with two attached hydrogens (primary N) is 1. The first-order chi connectivity index (χ1) is 27.8. The number of hydrogen-bond acceptors (Lipinski definition) is 8. The summed E-state index contributed by atoms with van der Waals surface area (Å²) in [4.78, 5) is 34.8. The van der Waals surface area contributed by atoms with Gasteiger partial charge in [-0.1, -0.05) is 142 Å². The van der Waals surface area contributed by atoms with Gasteiger partial charge in [0, 0.05) is 19.4 Å². The Morgan fingerprint density at radius 1 is 0.526 bits per heavy atom. The Labute approximate surface area is 345 Å². The molecule has 3 N–H and O–H groups in total. The fraction of sp³-hybridized carbons (Fsp3) is 0.532. The molecular formula is C47H74NO8P. The molecule has 0 bridgehead atoms. The zero-order chi connectivity index (χ0) is 41.8. The van der Waals surface area contributed by atoms with Crippen molar-refractivity contribution < 1.29 is 37.6 Å². The van der Waals surface area contributed by atoms with Crippen LogP contribution in [-0.4, -0.2) is 49.3 Å². The molecular weight excluding hydrogens is 737 g/mol. The molecule has 0 aliphatic rings. The van der Waals surface area contributed by atoms with Gasteiger partial charge in [-0.25, -0.2) is 4.57 Å². The quantitative estimate of drug-likeness (QED) is 0.0272. The standard InChI is InChI=1S/C47H74NO8P/c1-3-5-7-9-11-13-15-17-18-19-20-21-22-23-24-25-26-28-30-32-34-36-38-40-47(50)56-45(44-55-57(51,52)54-42-41-48)43-53-46(49)39-37-35-33-31-29-27-16-14-12-10-8-6-4-2/h5-8,11-14,17-18,20-21,23-24,26-29,32,34,45H,3-4,9-10,15-16,19,22,25,30-31,33,35-44,48H2,1-2H3,(H,51,52)/b7-5-,8-6-,13-11-,14-12-,18-17-,21-20-,24-23-,28-26-,29-27-,34-32-. The van der Waals surface area contributed by atoms with Gasteiger partial charge in [0.1, 0.15) is 6.61 Å². The second-order valence-electron chi connectivity index (χ2n) is 13.1. The zero-order valence-electron chi connectivity index (χ0n) is 35.0. The smallest absolute Gasteiger partial charge is 0.462 e. The number of rotatable bonds is 37. The number of phosphoric acid groups is 1. The second-order valence-corrected chi connectivity index (χ2v) is 14.5. The first-order valence-electron chi connectivity index (χ1n) is 21.0. The number of esters is 2. The maximum Gasteiger partial charge on any atom is 0.472 e. The third-order valence-electron chi connectivity index (χ3n) is 7.84. The molecule has 0 aliphatic heterocycles. The Morgan fingerprint density at radius 2 is 0.930 bits per heavy atom. The van der Waals surface area contributed by atoms with E-state index in [2.05, 4.69) is 129 Å². The third kappa shape index (κ3) is 41.9. The number of unbranched alkanes of at least 4 members (excludes halogenated alkanes) is 4. The van der Waals surface area contributed by atoms with Crippen LogP contribution in [0.15, 0.2) is 122 Å². The zero-order valence-corrected chi connectivity index (χ0v) is 35.9. The Morgan fingerprint density at radius 3 is 1.37 bits per heavy atom. The van der Waals surface area contributed by atoms with Gasteiger partial charge in [0.15, 0.2) is 6.10 Å². The van der Waals surface area contributed by atoms with Crippen molar-refractivity contribution in [3.8, 4) is 0 Å². The fourth-order valence-corrected chi connectivity index (χ4v) is 5.58. The van der Waals surface area contributed by atoms with Gasteiger partial charge in [0.2, 0.25) is 0 Å². The molecule has 0 amide bonds. The first-order valence-corrected chi connectivity index (χ1v) is 22.5. The lowest BCUT2D eigenvalue weighted by molar-refractivity contribution is -0.161. The normalized spacial score (nSPS) is 14.5. The van der Waals surface area contributed by atoms with Gasteiger partial charge >= 0.3 is 19.8 Å². The van der Waals surface area contributed by atoms with E-state index in [9.17, 15) is 19.0 Å². The van der Waals surface area contributed by atoms with Gasteiger partial charge in [0.05, 0.1) is 13.2 Å².